The lowest BCUT2D eigenvalue weighted by molar-refractivity contribution is -0.145. The van der Waals surface area contributed by atoms with Crippen molar-refractivity contribution in [1.29, 1.82) is 0 Å². The number of rotatable bonds is 4. The summed E-state index contributed by atoms with van der Waals surface area (Å²) in [6.07, 6.45) is 1.44. The second-order valence-electron chi connectivity index (χ2n) is 4.29. The molecule has 112 valence electrons. The molecule has 2 amide bonds. The number of nitrogens with zero attached hydrogens (tertiary/aromatic N) is 2. The monoisotopic (exact) mass is 291 g/mol. The summed E-state index contributed by atoms with van der Waals surface area (Å²) < 4.78 is 10.4. The zero-order valence-electron chi connectivity index (χ0n) is 12.0. The second kappa shape index (κ2) is 6.74. The summed E-state index contributed by atoms with van der Waals surface area (Å²) in [5.74, 6) is -0.0454. The van der Waals surface area contributed by atoms with Gasteiger partial charge in [-0.1, -0.05) is 0 Å². The third-order valence-corrected chi connectivity index (χ3v) is 3.02. The number of nitrogens with one attached hydrogen (secondary N) is 1. The highest BCUT2D eigenvalue weighted by Gasteiger charge is 2.18. The highest BCUT2D eigenvalue weighted by Crippen LogP contribution is 2.31. The van der Waals surface area contributed by atoms with E-state index in [1.54, 1.807) is 18.2 Å². The molecule has 1 aliphatic rings. The maximum atomic E-state index is 11.7. The molecule has 0 radical (unpaired) electrons. The van der Waals surface area contributed by atoms with Gasteiger partial charge in [-0.25, -0.2) is 5.43 Å². The normalized spacial score (nSPS) is 12.5. The van der Waals surface area contributed by atoms with Gasteiger partial charge in [0.1, 0.15) is 0 Å². The lowest BCUT2D eigenvalue weighted by atomic mass is 10.2. The molecule has 0 saturated heterocycles. The number of amides is 2. The fourth-order valence-corrected chi connectivity index (χ4v) is 1.86. The maximum absolute atomic E-state index is 11.7. The van der Waals surface area contributed by atoms with Gasteiger partial charge < -0.3 is 14.4 Å². The van der Waals surface area contributed by atoms with Crippen molar-refractivity contribution >= 4 is 18.0 Å². The van der Waals surface area contributed by atoms with Gasteiger partial charge >= 0.3 is 11.8 Å². The lowest BCUT2D eigenvalue weighted by Crippen LogP contribution is -2.41. The van der Waals surface area contributed by atoms with Crippen molar-refractivity contribution < 1.29 is 19.1 Å². The Hall–Kier alpha value is -2.57. The molecule has 0 fully saturated rings. The Morgan fingerprint density at radius 1 is 1.29 bits per heavy atom. The van der Waals surface area contributed by atoms with E-state index >= 15 is 0 Å². The van der Waals surface area contributed by atoms with Crippen LogP contribution in [0.25, 0.3) is 0 Å². The van der Waals surface area contributed by atoms with E-state index in [-0.39, 0.29) is 6.79 Å². The molecule has 1 N–H and O–H groups in total. The summed E-state index contributed by atoms with van der Waals surface area (Å²) in [6, 6.07) is 5.27. The quantitative estimate of drug-likeness (QED) is 0.504. The molecular formula is C14H17N3O4. The van der Waals surface area contributed by atoms with Crippen LogP contribution in [-0.4, -0.2) is 42.8 Å². The third kappa shape index (κ3) is 3.50. The van der Waals surface area contributed by atoms with E-state index in [0.29, 0.717) is 24.6 Å². The Balaban J connectivity index is 1.93. The number of carbonyl (C=O) groups excluding carboxylic acids is 2. The second-order valence-corrected chi connectivity index (χ2v) is 4.29. The number of fused-ring (bicyclic) bond motifs is 1. The average molecular weight is 291 g/mol. The molecule has 7 nitrogen and oxygen atoms in total. The lowest BCUT2D eigenvalue weighted by Gasteiger charge is -2.16. The Bertz CT molecular complexity index is 567. The molecule has 0 bridgehead atoms. The molecule has 0 saturated carbocycles. The summed E-state index contributed by atoms with van der Waals surface area (Å²) in [4.78, 5) is 24.7. The fourth-order valence-electron chi connectivity index (χ4n) is 1.86. The smallest absolute Gasteiger partial charge is 0.329 e. The van der Waals surface area contributed by atoms with E-state index in [1.807, 2.05) is 13.8 Å². The van der Waals surface area contributed by atoms with Gasteiger partial charge in [0, 0.05) is 13.1 Å². The molecule has 1 aromatic carbocycles. The van der Waals surface area contributed by atoms with Crippen molar-refractivity contribution in [1.82, 2.24) is 10.3 Å². The number of hydrogen-bond donors (Lipinski definition) is 1. The average Bonchev–Trinajstić information content (AvgIpc) is 2.95. The molecule has 0 aliphatic carbocycles. The molecular weight excluding hydrogens is 274 g/mol. The van der Waals surface area contributed by atoms with Crippen LogP contribution >= 0.6 is 0 Å². The van der Waals surface area contributed by atoms with Crippen LogP contribution in [0.15, 0.2) is 23.3 Å². The van der Waals surface area contributed by atoms with Gasteiger partial charge in [0.15, 0.2) is 11.5 Å². The summed E-state index contributed by atoms with van der Waals surface area (Å²) in [5.41, 5.74) is 2.95. The predicted molar refractivity (Wildman–Crippen MR) is 76.2 cm³/mol. The Labute approximate surface area is 122 Å². The molecule has 7 heteroatoms. The predicted octanol–water partition coefficient (Wildman–Crippen LogP) is 0.734. The number of carbonyl (C=O) groups is 2. The molecule has 0 spiro atoms. The van der Waals surface area contributed by atoms with Crippen molar-refractivity contribution in [2.45, 2.75) is 13.8 Å². The number of hydrazone groups is 1. The minimum absolute atomic E-state index is 0.199. The van der Waals surface area contributed by atoms with E-state index in [1.165, 1.54) is 11.1 Å². The topological polar surface area (TPSA) is 80.2 Å². The number of ether oxygens (including phenoxy) is 2. The summed E-state index contributed by atoms with van der Waals surface area (Å²) in [6.45, 7) is 4.78. The standard InChI is InChI=1S/C14H17N3O4/c1-3-17(4-2)14(19)13(18)16-15-8-10-5-6-11-12(7-10)21-9-20-11/h5-8H,3-4,9H2,1-2H3,(H,16,18)/b15-8-. The van der Waals surface area contributed by atoms with Crippen LogP contribution in [0.4, 0.5) is 0 Å². The van der Waals surface area contributed by atoms with Crippen molar-refractivity contribution in [2.24, 2.45) is 5.10 Å². The molecule has 1 heterocycles. The molecule has 0 aromatic heterocycles. The first-order valence-corrected chi connectivity index (χ1v) is 6.67. The minimum Gasteiger partial charge on any atom is -0.454 e. The maximum Gasteiger partial charge on any atom is 0.329 e. The Morgan fingerprint density at radius 2 is 2.00 bits per heavy atom. The van der Waals surface area contributed by atoms with E-state index in [4.69, 9.17) is 9.47 Å². The first kappa shape index (κ1) is 14.8. The Morgan fingerprint density at radius 3 is 2.71 bits per heavy atom. The van der Waals surface area contributed by atoms with Gasteiger partial charge in [-0.15, -0.1) is 0 Å². The summed E-state index contributed by atoms with van der Waals surface area (Å²) in [5, 5.41) is 3.77. The van der Waals surface area contributed by atoms with Crippen LogP contribution < -0.4 is 14.9 Å². The van der Waals surface area contributed by atoms with Crippen LogP contribution in [0.2, 0.25) is 0 Å². The fraction of sp³-hybridized carbons (Fsp3) is 0.357. The molecule has 1 aliphatic heterocycles. The summed E-state index contributed by atoms with van der Waals surface area (Å²) in [7, 11) is 0. The third-order valence-electron chi connectivity index (χ3n) is 3.02. The van der Waals surface area contributed by atoms with Crippen molar-refractivity contribution in [3.8, 4) is 11.5 Å². The zero-order chi connectivity index (χ0) is 15.2. The van der Waals surface area contributed by atoms with Gasteiger partial charge in [-0.3, -0.25) is 9.59 Å². The highest BCUT2D eigenvalue weighted by molar-refractivity contribution is 6.34. The van der Waals surface area contributed by atoms with Crippen molar-refractivity contribution in [3.05, 3.63) is 23.8 Å². The minimum atomic E-state index is -0.754. The van der Waals surface area contributed by atoms with E-state index in [9.17, 15) is 9.59 Å². The van der Waals surface area contributed by atoms with Crippen molar-refractivity contribution in [2.75, 3.05) is 19.9 Å². The molecule has 1 aromatic rings. The van der Waals surface area contributed by atoms with Gasteiger partial charge in [0.05, 0.1) is 6.21 Å². The largest absolute Gasteiger partial charge is 0.454 e. The summed E-state index contributed by atoms with van der Waals surface area (Å²) >= 11 is 0. The van der Waals surface area contributed by atoms with E-state index < -0.39 is 11.8 Å². The molecule has 0 unspecified atom stereocenters. The number of hydrogen-bond acceptors (Lipinski definition) is 5. The Kier molecular flexibility index (Phi) is 4.76. The number of likely N-dealkylation sites (N-methyl/N-ethyl adjacent to an activating group) is 1. The van der Waals surface area contributed by atoms with Crippen molar-refractivity contribution in [3.63, 3.8) is 0 Å². The first-order valence-electron chi connectivity index (χ1n) is 6.67. The van der Waals surface area contributed by atoms with Crippen LogP contribution in [0.5, 0.6) is 11.5 Å². The van der Waals surface area contributed by atoms with Gasteiger partial charge in [-0.2, -0.15) is 5.10 Å². The molecule has 0 atom stereocenters. The van der Waals surface area contributed by atoms with Gasteiger partial charge in [-0.05, 0) is 37.6 Å². The molecule has 21 heavy (non-hydrogen) atoms. The molecule has 2 rings (SSSR count). The van der Waals surface area contributed by atoms with Crippen LogP contribution in [0.3, 0.4) is 0 Å². The first-order chi connectivity index (χ1) is 10.2. The number of benzene rings is 1. The van der Waals surface area contributed by atoms with E-state index in [2.05, 4.69) is 10.5 Å². The van der Waals surface area contributed by atoms with Crippen LogP contribution in [0, 0.1) is 0 Å². The van der Waals surface area contributed by atoms with E-state index in [0.717, 1.165) is 5.56 Å². The zero-order valence-corrected chi connectivity index (χ0v) is 12.0. The SMILES string of the molecule is CCN(CC)C(=O)C(=O)N/N=C\c1ccc2c(c1)OCO2. The van der Waals surface area contributed by atoms with Crippen LogP contribution in [0.1, 0.15) is 19.4 Å². The highest BCUT2D eigenvalue weighted by atomic mass is 16.7. The van der Waals surface area contributed by atoms with Gasteiger partial charge in [0.2, 0.25) is 6.79 Å². The van der Waals surface area contributed by atoms with Crippen LogP contribution in [-0.2, 0) is 9.59 Å². The van der Waals surface area contributed by atoms with Gasteiger partial charge in [0.25, 0.3) is 0 Å².